The van der Waals surface area contributed by atoms with Gasteiger partial charge in [0.15, 0.2) is 0 Å². The zero-order valence-electron chi connectivity index (χ0n) is 54.2. The minimum absolute atomic E-state index is 0.00664. The summed E-state index contributed by atoms with van der Waals surface area (Å²) in [5, 5.41) is 22.0. The minimum atomic E-state index is -1.71. The molecule has 2 aromatic rings. The third-order valence-corrected chi connectivity index (χ3v) is 16.7. The first-order valence-electron chi connectivity index (χ1n) is 30.6. The molecular weight excluding hydrogens is 1110 g/mol. The summed E-state index contributed by atoms with van der Waals surface area (Å²) in [4.78, 5) is 170. The number of likely N-dealkylation sites (N-methyl/N-ethyl adjacent to an activating group) is 6. The van der Waals surface area contributed by atoms with Crippen molar-refractivity contribution >= 4 is 65.0 Å². The Balaban J connectivity index is 1.91. The van der Waals surface area contributed by atoms with Crippen LogP contribution in [-0.4, -0.2) is 226 Å². The standard InChI is InChI=1S/C64H99N11O12/c1-38(2)32-47-55(78)67-48(61(84)75-30-24-19-25-31-75)37-53(77)65-41(7)58(81)72(14)50(33-39(3)4)62(85)70(12)42(8)59(82)69(11)43(9)60(83)73(15)52(36-46-28-22-18-23-29-46)64(87)74(16)51(34-40(5)6)63(86)71(13)49(35-45-26-20-17-21-27-45)56(79)68-54(44(10)76)57(80)66-47/h17-18,20-23,26-29,38-44,47-52,54,76H,19,24-25,30-37H2,1-16H3,(H,65,77)(H,66,80)(H,67,78)(H,68,79)/t41-,42+,43+,44-,47+,48+,49+,50+,51+,52+,54+/m1/s1. The number of aliphatic hydroxyl groups is 1. The Morgan fingerprint density at radius 2 is 0.885 bits per heavy atom. The highest BCUT2D eigenvalue weighted by molar-refractivity contribution is 6.00. The molecule has 0 aromatic heterocycles. The Bertz CT molecular complexity index is 2700. The van der Waals surface area contributed by atoms with E-state index in [0.29, 0.717) is 37.1 Å². The number of nitrogens with zero attached hydrogens (tertiary/aromatic N) is 7. The normalized spacial score (nSPS) is 26.5. The van der Waals surface area contributed by atoms with Gasteiger partial charge < -0.3 is 60.7 Å². The highest BCUT2D eigenvalue weighted by Gasteiger charge is 2.43. The van der Waals surface area contributed by atoms with Gasteiger partial charge in [0.05, 0.1) is 12.5 Å². The second-order valence-corrected chi connectivity index (χ2v) is 25.1. The van der Waals surface area contributed by atoms with Crippen molar-refractivity contribution in [1.82, 2.24) is 55.6 Å². The first kappa shape index (κ1) is 72.0. The maximum absolute atomic E-state index is 15.3. The van der Waals surface area contributed by atoms with E-state index in [-0.39, 0.29) is 49.9 Å². The molecule has 11 amide bonds. The summed E-state index contributed by atoms with van der Waals surface area (Å²) in [5.41, 5.74) is 1.31. The van der Waals surface area contributed by atoms with Crippen molar-refractivity contribution in [3.63, 3.8) is 0 Å². The van der Waals surface area contributed by atoms with Gasteiger partial charge in [0.2, 0.25) is 65.0 Å². The van der Waals surface area contributed by atoms with Gasteiger partial charge in [0.25, 0.3) is 0 Å². The largest absolute Gasteiger partial charge is 0.391 e. The molecule has 23 nitrogen and oxygen atoms in total. The lowest BCUT2D eigenvalue weighted by atomic mass is 9.97. The van der Waals surface area contributed by atoms with E-state index in [4.69, 9.17) is 0 Å². The van der Waals surface area contributed by atoms with E-state index in [1.165, 1.54) is 99.4 Å². The van der Waals surface area contributed by atoms with Gasteiger partial charge in [0, 0.05) is 68.2 Å². The number of rotatable bonds is 12. The van der Waals surface area contributed by atoms with Gasteiger partial charge in [-0.1, -0.05) is 102 Å². The molecule has 2 aliphatic rings. The van der Waals surface area contributed by atoms with E-state index in [0.717, 1.165) is 6.42 Å². The smallest absolute Gasteiger partial charge is 0.246 e. The molecule has 0 radical (unpaired) electrons. The number of piperidine rings is 1. The Kier molecular flexibility index (Phi) is 27.4. The summed E-state index contributed by atoms with van der Waals surface area (Å²) >= 11 is 0. The SMILES string of the molecule is CC(C)C[C@@H]1NC(=O)[C@H]([C@@H](C)O)NC(=O)[C@H](Cc2ccccc2)N(C)C(=O)[C@H](CC(C)C)N(C)C(=O)[C@H](Cc2ccccc2)N(C)C(=O)[C@H](C)N(C)C(=O)[C@H](C)N(C)C(=O)[C@H](CC(C)C)N(C)C(=O)[C@@H](C)NC(=O)C[C@@H](C(=O)N2CCCCC2)NC1=O. The van der Waals surface area contributed by atoms with E-state index in [1.54, 1.807) is 79.4 Å². The molecule has 2 aromatic carbocycles. The molecule has 5 N–H and O–H groups in total. The Labute approximate surface area is 515 Å². The summed E-state index contributed by atoms with van der Waals surface area (Å²) < 4.78 is 0. The van der Waals surface area contributed by atoms with Crippen molar-refractivity contribution in [2.75, 3.05) is 55.4 Å². The van der Waals surface area contributed by atoms with Crippen LogP contribution < -0.4 is 21.3 Å². The van der Waals surface area contributed by atoms with Gasteiger partial charge in [-0.3, -0.25) is 52.7 Å². The highest BCUT2D eigenvalue weighted by Crippen LogP contribution is 2.23. The van der Waals surface area contributed by atoms with Crippen LogP contribution in [0.1, 0.15) is 125 Å². The molecular formula is C64H99N11O12. The quantitative estimate of drug-likeness (QED) is 0.205. The molecule has 0 unspecified atom stereocenters. The minimum Gasteiger partial charge on any atom is -0.391 e. The molecule has 4 rings (SSSR count). The molecule has 0 saturated carbocycles. The summed E-state index contributed by atoms with van der Waals surface area (Å²) in [6.07, 6.45) is 0.205. The van der Waals surface area contributed by atoms with Crippen molar-refractivity contribution in [1.29, 1.82) is 0 Å². The van der Waals surface area contributed by atoms with Gasteiger partial charge in [-0.2, -0.15) is 0 Å². The first-order chi connectivity index (χ1) is 40.8. The van der Waals surface area contributed by atoms with Gasteiger partial charge in [-0.15, -0.1) is 0 Å². The summed E-state index contributed by atoms with van der Waals surface area (Å²) in [5.74, 6) is -8.43. The summed E-state index contributed by atoms with van der Waals surface area (Å²) in [6, 6.07) is 4.57. The number of likely N-dealkylation sites (tertiary alicyclic amines) is 1. The Morgan fingerprint density at radius 3 is 1.37 bits per heavy atom. The number of benzene rings is 2. The molecule has 0 spiro atoms. The molecule has 2 fully saturated rings. The summed E-state index contributed by atoms with van der Waals surface area (Å²) in [6.45, 7) is 17.5. The number of carbonyl (C=O) groups excluding carboxylic acids is 11. The van der Waals surface area contributed by atoms with E-state index >= 15 is 9.59 Å². The van der Waals surface area contributed by atoms with Crippen LogP contribution in [0.4, 0.5) is 0 Å². The molecule has 0 bridgehead atoms. The number of hydrogen-bond acceptors (Lipinski definition) is 12. The fourth-order valence-electron chi connectivity index (χ4n) is 11.1. The average molecular weight is 1210 g/mol. The van der Waals surface area contributed by atoms with Crippen LogP contribution in [0.3, 0.4) is 0 Å². The molecule has 2 heterocycles. The van der Waals surface area contributed by atoms with Crippen molar-refractivity contribution in [3.8, 4) is 0 Å². The van der Waals surface area contributed by atoms with Crippen LogP contribution in [0.25, 0.3) is 0 Å². The van der Waals surface area contributed by atoms with Crippen LogP contribution >= 0.6 is 0 Å². The fourth-order valence-corrected chi connectivity index (χ4v) is 11.1. The number of aliphatic hydroxyl groups excluding tert-OH is 1. The van der Waals surface area contributed by atoms with E-state index in [2.05, 4.69) is 21.3 Å². The van der Waals surface area contributed by atoms with Crippen molar-refractivity contribution in [2.24, 2.45) is 17.8 Å². The van der Waals surface area contributed by atoms with Crippen molar-refractivity contribution in [3.05, 3.63) is 71.8 Å². The zero-order valence-corrected chi connectivity index (χ0v) is 54.2. The Hall–Kier alpha value is -7.43. The lowest BCUT2D eigenvalue weighted by Crippen LogP contribution is -2.62. The maximum Gasteiger partial charge on any atom is 0.246 e. The maximum atomic E-state index is 15.3. The van der Waals surface area contributed by atoms with Crippen LogP contribution in [0.2, 0.25) is 0 Å². The summed E-state index contributed by atoms with van der Waals surface area (Å²) in [7, 11) is 8.55. The second-order valence-electron chi connectivity index (χ2n) is 25.1. The second kappa shape index (κ2) is 33.1. The average Bonchev–Trinajstić information content (AvgIpc) is 1.56. The van der Waals surface area contributed by atoms with E-state index < -0.39 is 138 Å². The third kappa shape index (κ3) is 19.8. The molecule has 87 heavy (non-hydrogen) atoms. The Morgan fingerprint density at radius 1 is 0.471 bits per heavy atom. The number of amides is 11. The number of carbonyl (C=O) groups is 11. The molecule has 2 aliphatic heterocycles. The van der Waals surface area contributed by atoms with Crippen LogP contribution in [-0.2, 0) is 65.6 Å². The van der Waals surface area contributed by atoms with Gasteiger partial charge in [-0.25, -0.2) is 0 Å². The van der Waals surface area contributed by atoms with Crippen LogP contribution in [0, 0.1) is 17.8 Å². The van der Waals surface area contributed by atoms with Gasteiger partial charge in [-0.05, 0) is 95.1 Å². The van der Waals surface area contributed by atoms with Crippen molar-refractivity contribution < 1.29 is 57.8 Å². The molecule has 2 saturated heterocycles. The highest BCUT2D eigenvalue weighted by atomic mass is 16.3. The molecule has 23 heteroatoms. The molecule has 0 aliphatic carbocycles. The molecule has 482 valence electrons. The lowest BCUT2D eigenvalue weighted by molar-refractivity contribution is -0.155. The van der Waals surface area contributed by atoms with Gasteiger partial charge in [0.1, 0.15) is 60.4 Å². The van der Waals surface area contributed by atoms with Crippen molar-refractivity contribution in [2.45, 2.75) is 194 Å². The number of hydrogen-bond donors (Lipinski definition) is 5. The number of nitrogens with one attached hydrogen (secondary N) is 4. The first-order valence-corrected chi connectivity index (χ1v) is 30.6. The zero-order chi connectivity index (χ0) is 65.3. The van der Waals surface area contributed by atoms with Crippen LogP contribution in [0.5, 0.6) is 0 Å². The van der Waals surface area contributed by atoms with Crippen LogP contribution in [0.15, 0.2) is 60.7 Å². The predicted octanol–water partition coefficient (Wildman–Crippen LogP) is 2.37. The predicted molar refractivity (Wildman–Crippen MR) is 329 cm³/mol. The lowest BCUT2D eigenvalue weighted by Gasteiger charge is -2.39. The molecule has 11 atom stereocenters. The monoisotopic (exact) mass is 1210 g/mol. The third-order valence-electron chi connectivity index (χ3n) is 16.7. The topological polar surface area (TPSA) is 279 Å². The van der Waals surface area contributed by atoms with E-state index in [9.17, 15) is 48.3 Å². The van der Waals surface area contributed by atoms with Gasteiger partial charge >= 0.3 is 0 Å². The fraction of sp³-hybridized carbons (Fsp3) is 0.641. The van der Waals surface area contributed by atoms with E-state index in [1.807, 2.05) is 27.7 Å².